The van der Waals surface area contributed by atoms with E-state index in [0.717, 1.165) is 10.8 Å². The van der Waals surface area contributed by atoms with Gasteiger partial charge in [-0.1, -0.05) is 78.4 Å². The highest BCUT2D eigenvalue weighted by molar-refractivity contribution is 6.77. The van der Waals surface area contributed by atoms with Crippen molar-refractivity contribution in [2.24, 2.45) is 0 Å². The van der Waals surface area contributed by atoms with Crippen molar-refractivity contribution in [3.05, 3.63) is 121 Å². The summed E-state index contributed by atoms with van der Waals surface area (Å²) in [5, 5.41) is 0.897. The molecular weight excluding hydrogens is 376 g/mol. The minimum Gasteiger partial charge on any atom is -0.480 e. The topological polar surface area (TPSA) is 27.7 Å². The van der Waals surface area contributed by atoms with Crippen LogP contribution in [-0.2, 0) is 0 Å². The predicted octanol–water partition coefficient (Wildman–Crippen LogP) is 5.38. The van der Waals surface area contributed by atoms with E-state index >= 15 is 0 Å². The molecule has 0 aliphatic carbocycles. The van der Waals surface area contributed by atoms with Crippen LogP contribution in [0.5, 0.6) is 17.2 Å². The third-order valence-corrected chi connectivity index (χ3v) is 6.89. The SMILES string of the molecule is Cc1cccc([Si](Oc2ccccc2)(Oc2ccccc2)Oc2ccccc2)c1. The fraction of sp³-hybridized carbons (Fsp3) is 0.0400. The van der Waals surface area contributed by atoms with Gasteiger partial charge in [0, 0.05) is 0 Å². The van der Waals surface area contributed by atoms with Crippen molar-refractivity contribution < 1.29 is 13.3 Å². The number of rotatable bonds is 7. The second-order valence-corrected chi connectivity index (χ2v) is 8.97. The van der Waals surface area contributed by atoms with Crippen molar-refractivity contribution in [1.82, 2.24) is 0 Å². The van der Waals surface area contributed by atoms with Gasteiger partial charge in [0.05, 0.1) is 5.19 Å². The first kappa shape index (κ1) is 18.8. The van der Waals surface area contributed by atoms with Crippen molar-refractivity contribution in [2.75, 3.05) is 0 Å². The molecule has 4 rings (SSSR count). The quantitative estimate of drug-likeness (QED) is 0.391. The molecule has 0 N–H and O–H groups in total. The molecule has 0 saturated carbocycles. The first-order valence-electron chi connectivity index (χ1n) is 9.53. The number of benzene rings is 4. The van der Waals surface area contributed by atoms with E-state index in [1.165, 1.54) is 0 Å². The summed E-state index contributed by atoms with van der Waals surface area (Å²) in [5.74, 6) is 2.10. The Morgan fingerprint density at radius 3 is 1.28 bits per heavy atom. The zero-order valence-electron chi connectivity index (χ0n) is 16.2. The van der Waals surface area contributed by atoms with Crippen LogP contribution in [-0.4, -0.2) is 8.80 Å². The lowest BCUT2D eigenvalue weighted by atomic mass is 10.2. The van der Waals surface area contributed by atoms with E-state index in [-0.39, 0.29) is 0 Å². The summed E-state index contributed by atoms with van der Waals surface area (Å²) in [7, 11) is -3.43. The molecule has 4 heteroatoms. The van der Waals surface area contributed by atoms with Gasteiger partial charge in [0.15, 0.2) is 0 Å². The Hall–Kier alpha value is -3.50. The van der Waals surface area contributed by atoms with E-state index in [9.17, 15) is 0 Å². The maximum Gasteiger partial charge on any atom is 0.737 e. The Labute approximate surface area is 172 Å². The van der Waals surface area contributed by atoms with Gasteiger partial charge in [0.25, 0.3) is 0 Å². The zero-order chi connectivity index (χ0) is 19.9. The average molecular weight is 399 g/mol. The van der Waals surface area contributed by atoms with E-state index in [0.29, 0.717) is 17.2 Å². The van der Waals surface area contributed by atoms with Gasteiger partial charge in [-0.25, -0.2) is 0 Å². The van der Waals surface area contributed by atoms with Crippen molar-refractivity contribution in [3.8, 4) is 17.2 Å². The highest BCUT2D eigenvalue weighted by Gasteiger charge is 2.52. The highest BCUT2D eigenvalue weighted by atomic mass is 28.4. The van der Waals surface area contributed by atoms with Crippen molar-refractivity contribution >= 4 is 14.0 Å². The summed E-state index contributed by atoms with van der Waals surface area (Å²) in [4.78, 5) is 0. The Kier molecular flexibility index (Phi) is 5.63. The molecule has 0 aromatic heterocycles. The maximum atomic E-state index is 6.55. The van der Waals surface area contributed by atoms with Crippen molar-refractivity contribution in [3.63, 3.8) is 0 Å². The van der Waals surface area contributed by atoms with Crippen LogP contribution in [0.1, 0.15) is 5.56 Å². The first-order valence-corrected chi connectivity index (χ1v) is 11.3. The fourth-order valence-electron chi connectivity index (χ4n) is 3.01. The zero-order valence-corrected chi connectivity index (χ0v) is 17.2. The lowest BCUT2D eigenvalue weighted by Gasteiger charge is -2.30. The second kappa shape index (κ2) is 8.67. The second-order valence-electron chi connectivity index (χ2n) is 6.67. The lowest BCUT2D eigenvalue weighted by molar-refractivity contribution is 0.281. The number of hydrogen-bond donors (Lipinski definition) is 0. The van der Waals surface area contributed by atoms with Crippen LogP contribution in [0.15, 0.2) is 115 Å². The van der Waals surface area contributed by atoms with E-state index in [1.807, 2.05) is 103 Å². The summed E-state index contributed by atoms with van der Waals surface area (Å²) in [5.41, 5.74) is 1.12. The van der Waals surface area contributed by atoms with Crippen LogP contribution in [0.25, 0.3) is 0 Å². The largest absolute Gasteiger partial charge is 0.737 e. The summed E-state index contributed by atoms with van der Waals surface area (Å²) < 4.78 is 19.6. The van der Waals surface area contributed by atoms with Gasteiger partial charge < -0.3 is 13.3 Å². The summed E-state index contributed by atoms with van der Waals surface area (Å²) >= 11 is 0. The summed E-state index contributed by atoms with van der Waals surface area (Å²) in [6.07, 6.45) is 0. The molecular formula is C25H22O3Si. The van der Waals surface area contributed by atoms with Crippen LogP contribution in [0.3, 0.4) is 0 Å². The third-order valence-electron chi connectivity index (χ3n) is 4.36. The van der Waals surface area contributed by atoms with E-state index in [4.69, 9.17) is 13.3 Å². The Morgan fingerprint density at radius 2 is 0.897 bits per heavy atom. The van der Waals surface area contributed by atoms with Gasteiger partial charge in [0.1, 0.15) is 17.2 Å². The first-order chi connectivity index (χ1) is 14.2. The number of hydrogen-bond acceptors (Lipinski definition) is 3. The van der Waals surface area contributed by atoms with Crippen LogP contribution < -0.4 is 18.5 Å². The third kappa shape index (κ3) is 4.68. The summed E-state index contributed by atoms with van der Waals surface area (Å²) in [6, 6.07) is 37.1. The van der Waals surface area contributed by atoms with E-state index in [1.54, 1.807) is 0 Å². The van der Waals surface area contributed by atoms with Gasteiger partial charge in [-0.2, -0.15) is 0 Å². The van der Waals surface area contributed by atoms with Crippen LogP contribution >= 0.6 is 0 Å². The molecule has 0 saturated heterocycles. The Morgan fingerprint density at radius 1 is 0.483 bits per heavy atom. The van der Waals surface area contributed by atoms with Crippen molar-refractivity contribution in [1.29, 1.82) is 0 Å². The minimum atomic E-state index is -3.43. The monoisotopic (exact) mass is 398 g/mol. The average Bonchev–Trinajstić information content (AvgIpc) is 2.76. The normalized spacial score (nSPS) is 10.9. The molecule has 0 amide bonds. The minimum absolute atomic E-state index is 0.701. The lowest BCUT2D eigenvalue weighted by Crippen LogP contribution is -2.64. The summed E-state index contributed by atoms with van der Waals surface area (Å²) in [6.45, 7) is 2.05. The van der Waals surface area contributed by atoms with Crippen molar-refractivity contribution in [2.45, 2.75) is 6.92 Å². The molecule has 0 fully saturated rings. The van der Waals surface area contributed by atoms with Crippen LogP contribution in [0, 0.1) is 6.92 Å². The van der Waals surface area contributed by atoms with Crippen LogP contribution in [0.2, 0.25) is 0 Å². The molecule has 0 aliphatic heterocycles. The van der Waals surface area contributed by atoms with Gasteiger partial charge >= 0.3 is 8.80 Å². The maximum absolute atomic E-state index is 6.55. The fourth-order valence-corrected chi connectivity index (χ4v) is 5.53. The van der Waals surface area contributed by atoms with E-state index in [2.05, 4.69) is 19.1 Å². The molecule has 144 valence electrons. The van der Waals surface area contributed by atoms with E-state index < -0.39 is 8.80 Å². The smallest absolute Gasteiger partial charge is 0.480 e. The molecule has 0 spiro atoms. The number of para-hydroxylation sites is 3. The predicted molar refractivity (Wildman–Crippen MR) is 118 cm³/mol. The molecule has 0 atom stereocenters. The van der Waals surface area contributed by atoms with Crippen LogP contribution in [0.4, 0.5) is 0 Å². The van der Waals surface area contributed by atoms with Gasteiger partial charge in [-0.3, -0.25) is 0 Å². The van der Waals surface area contributed by atoms with Gasteiger partial charge in [-0.05, 0) is 49.4 Å². The highest BCUT2D eigenvalue weighted by Crippen LogP contribution is 2.24. The Balaban J connectivity index is 1.85. The molecule has 0 aliphatic rings. The molecule has 0 heterocycles. The molecule has 3 nitrogen and oxygen atoms in total. The molecule has 4 aromatic carbocycles. The Bertz CT molecular complexity index is 936. The van der Waals surface area contributed by atoms with Gasteiger partial charge in [-0.15, -0.1) is 0 Å². The molecule has 4 aromatic rings. The molecule has 29 heavy (non-hydrogen) atoms. The molecule has 0 bridgehead atoms. The number of aryl methyl sites for hydroxylation is 1. The molecule has 0 radical (unpaired) electrons. The molecule has 0 unspecified atom stereocenters. The standard InChI is InChI=1S/C25H22O3Si/c1-21-12-11-19-25(20-21)29(26-22-13-5-2-6-14-22,27-23-15-7-3-8-16-23)28-24-17-9-4-10-18-24/h2-20H,1H3. The van der Waals surface area contributed by atoms with Gasteiger partial charge in [0.2, 0.25) is 0 Å².